The van der Waals surface area contributed by atoms with Crippen LogP contribution in [-0.2, 0) is 4.79 Å². The molecule has 1 aliphatic rings. The third-order valence-electron chi connectivity index (χ3n) is 3.98. The van der Waals surface area contributed by atoms with E-state index in [-0.39, 0.29) is 17.5 Å². The molecule has 0 radical (unpaired) electrons. The molecule has 1 atom stereocenters. The minimum absolute atomic E-state index is 0.165. The Hall–Kier alpha value is -2.04. The lowest BCUT2D eigenvalue weighted by molar-refractivity contribution is -0.120. The highest BCUT2D eigenvalue weighted by molar-refractivity contribution is 5.85. The summed E-state index contributed by atoms with van der Waals surface area (Å²) in [5.74, 6) is 0.230. The van der Waals surface area contributed by atoms with Crippen LogP contribution in [0.5, 0.6) is 0 Å². The van der Waals surface area contributed by atoms with Crippen molar-refractivity contribution in [3.63, 3.8) is 0 Å². The summed E-state index contributed by atoms with van der Waals surface area (Å²) in [5, 5.41) is 3.92. The Morgan fingerprint density at radius 3 is 3.00 bits per heavy atom. The summed E-state index contributed by atoms with van der Waals surface area (Å²) in [6.07, 6.45) is 4.31. The molecular formula is C16H17FN2O2. The van der Waals surface area contributed by atoms with Gasteiger partial charge in [0.15, 0.2) is 0 Å². The Labute approximate surface area is 122 Å². The van der Waals surface area contributed by atoms with E-state index in [0.29, 0.717) is 23.7 Å². The number of aryl methyl sites for hydroxylation is 1. The largest absolute Gasteiger partial charge is 0.338 e. The highest BCUT2D eigenvalue weighted by atomic mass is 19.1. The second-order valence-electron chi connectivity index (χ2n) is 5.53. The van der Waals surface area contributed by atoms with Crippen LogP contribution in [0.25, 0.3) is 11.4 Å². The number of nitrogens with zero attached hydrogens (tertiary/aromatic N) is 2. The Bertz CT molecular complexity index is 666. The van der Waals surface area contributed by atoms with Crippen LogP contribution in [0.3, 0.4) is 0 Å². The van der Waals surface area contributed by atoms with E-state index >= 15 is 0 Å². The molecule has 0 saturated heterocycles. The zero-order valence-electron chi connectivity index (χ0n) is 11.9. The first-order valence-electron chi connectivity index (χ1n) is 7.28. The topological polar surface area (TPSA) is 56.0 Å². The summed E-state index contributed by atoms with van der Waals surface area (Å²) in [5.41, 5.74) is 1.47. The Morgan fingerprint density at radius 2 is 2.14 bits per heavy atom. The molecule has 0 aliphatic heterocycles. The van der Waals surface area contributed by atoms with Crippen LogP contribution in [0.2, 0.25) is 0 Å². The number of aromatic nitrogens is 2. The highest BCUT2D eigenvalue weighted by Gasteiger charge is 2.28. The van der Waals surface area contributed by atoms with Crippen LogP contribution in [0, 0.1) is 12.7 Å². The zero-order valence-corrected chi connectivity index (χ0v) is 11.9. The van der Waals surface area contributed by atoms with Gasteiger partial charge in [0.1, 0.15) is 11.6 Å². The molecule has 1 aromatic carbocycles. The van der Waals surface area contributed by atoms with Crippen LogP contribution in [0.1, 0.15) is 49.5 Å². The van der Waals surface area contributed by atoms with Crippen molar-refractivity contribution in [1.82, 2.24) is 10.1 Å². The molecule has 1 fully saturated rings. The van der Waals surface area contributed by atoms with Crippen LogP contribution >= 0.6 is 0 Å². The lowest BCUT2D eigenvalue weighted by Crippen LogP contribution is -2.10. The lowest BCUT2D eigenvalue weighted by atomic mass is 9.99. The van der Waals surface area contributed by atoms with E-state index in [0.717, 1.165) is 31.2 Å². The van der Waals surface area contributed by atoms with Gasteiger partial charge in [-0.2, -0.15) is 4.98 Å². The fraction of sp³-hybridized carbons (Fsp3) is 0.438. The van der Waals surface area contributed by atoms with Crippen molar-refractivity contribution in [1.29, 1.82) is 0 Å². The second kappa shape index (κ2) is 5.76. The first kappa shape index (κ1) is 13.9. The summed E-state index contributed by atoms with van der Waals surface area (Å²) in [4.78, 5) is 16.4. The number of rotatable bonds is 2. The number of hydrogen-bond donors (Lipinski definition) is 0. The molecule has 5 heteroatoms. The number of ketones is 1. The Morgan fingerprint density at radius 1 is 1.29 bits per heavy atom. The molecule has 21 heavy (non-hydrogen) atoms. The van der Waals surface area contributed by atoms with Gasteiger partial charge in [-0.15, -0.1) is 0 Å². The van der Waals surface area contributed by atoms with E-state index in [9.17, 15) is 9.18 Å². The molecule has 110 valence electrons. The van der Waals surface area contributed by atoms with Gasteiger partial charge in [0.05, 0.1) is 5.92 Å². The van der Waals surface area contributed by atoms with Crippen molar-refractivity contribution >= 4 is 5.78 Å². The number of carbonyl (C=O) groups excluding carboxylic acids is 1. The van der Waals surface area contributed by atoms with Gasteiger partial charge in [-0.25, -0.2) is 4.39 Å². The number of Topliss-reactive ketones (excluding diaryl/α,β-unsaturated/α-hetero) is 1. The van der Waals surface area contributed by atoms with E-state index in [4.69, 9.17) is 4.52 Å². The predicted molar refractivity (Wildman–Crippen MR) is 75.3 cm³/mol. The fourth-order valence-electron chi connectivity index (χ4n) is 2.74. The summed E-state index contributed by atoms with van der Waals surface area (Å²) >= 11 is 0. The van der Waals surface area contributed by atoms with E-state index in [1.165, 1.54) is 12.1 Å². The average Bonchev–Trinajstić information content (AvgIpc) is 2.84. The predicted octanol–water partition coefficient (Wildman–Crippen LogP) is 3.80. The van der Waals surface area contributed by atoms with Gasteiger partial charge in [0.2, 0.25) is 11.7 Å². The second-order valence-corrected chi connectivity index (χ2v) is 5.53. The normalized spacial score (nSPS) is 19.5. The number of carbonyl (C=O) groups is 1. The minimum Gasteiger partial charge on any atom is -0.338 e. The van der Waals surface area contributed by atoms with Crippen LogP contribution in [0.15, 0.2) is 22.7 Å². The highest BCUT2D eigenvalue weighted by Crippen LogP contribution is 2.30. The standard InChI is InChI=1S/C16H17FN2O2/c1-10-7-8-11(17)9-13(10)15-18-16(21-19-15)12-5-3-2-4-6-14(12)20/h7-9,12H,2-6H2,1H3. The third kappa shape index (κ3) is 2.86. The SMILES string of the molecule is Cc1ccc(F)cc1-c1noc(C2CCCCCC2=O)n1. The van der Waals surface area contributed by atoms with Gasteiger partial charge in [0.25, 0.3) is 0 Å². The van der Waals surface area contributed by atoms with E-state index < -0.39 is 0 Å². The molecular weight excluding hydrogens is 271 g/mol. The molecule has 3 rings (SSSR count). The zero-order chi connectivity index (χ0) is 14.8. The quantitative estimate of drug-likeness (QED) is 0.789. The van der Waals surface area contributed by atoms with Gasteiger partial charge in [-0.05, 0) is 37.5 Å². The summed E-state index contributed by atoms with van der Waals surface area (Å²) in [6.45, 7) is 1.86. The van der Waals surface area contributed by atoms with Gasteiger partial charge >= 0.3 is 0 Å². The minimum atomic E-state index is -0.340. The first-order chi connectivity index (χ1) is 10.1. The monoisotopic (exact) mass is 288 g/mol. The fourth-order valence-corrected chi connectivity index (χ4v) is 2.74. The number of halogens is 1. The molecule has 0 N–H and O–H groups in total. The molecule has 2 aromatic rings. The molecule has 0 amide bonds. The van der Waals surface area contributed by atoms with E-state index in [1.54, 1.807) is 6.07 Å². The summed E-state index contributed by atoms with van der Waals surface area (Å²) in [6, 6.07) is 4.46. The first-order valence-corrected chi connectivity index (χ1v) is 7.28. The maximum absolute atomic E-state index is 13.4. The Kier molecular flexibility index (Phi) is 3.82. The molecule has 1 aromatic heterocycles. The molecule has 4 nitrogen and oxygen atoms in total. The molecule has 1 saturated carbocycles. The molecule has 1 aliphatic carbocycles. The van der Waals surface area contributed by atoms with Gasteiger partial charge in [-0.1, -0.05) is 24.1 Å². The van der Waals surface area contributed by atoms with Crippen molar-refractivity contribution in [2.45, 2.75) is 44.9 Å². The van der Waals surface area contributed by atoms with Gasteiger partial charge in [-0.3, -0.25) is 4.79 Å². The van der Waals surface area contributed by atoms with Crippen molar-refractivity contribution < 1.29 is 13.7 Å². The molecule has 0 bridgehead atoms. The number of benzene rings is 1. The van der Waals surface area contributed by atoms with Gasteiger partial charge < -0.3 is 4.52 Å². The third-order valence-corrected chi connectivity index (χ3v) is 3.98. The maximum atomic E-state index is 13.4. The lowest BCUT2D eigenvalue weighted by Gasteiger charge is -2.06. The average molecular weight is 288 g/mol. The smallest absolute Gasteiger partial charge is 0.237 e. The van der Waals surface area contributed by atoms with E-state index in [1.807, 2.05) is 6.92 Å². The van der Waals surface area contributed by atoms with Crippen LogP contribution < -0.4 is 0 Å². The van der Waals surface area contributed by atoms with Crippen LogP contribution in [-0.4, -0.2) is 15.9 Å². The van der Waals surface area contributed by atoms with Crippen molar-refractivity contribution in [3.8, 4) is 11.4 Å². The van der Waals surface area contributed by atoms with Crippen LogP contribution in [0.4, 0.5) is 4.39 Å². The van der Waals surface area contributed by atoms with Crippen molar-refractivity contribution in [3.05, 3.63) is 35.5 Å². The number of hydrogen-bond acceptors (Lipinski definition) is 4. The molecule has 1 unspecified atom stereocenters. The summed E-state index contributed by atoms with van der Waals surface area (Å²) in [7, 11) is 0. The maximum Gasteiger partial charge on any atom is 0.237 e. The summed E-state index contributed by atoms with van der Waals surface area (Å²) < 4.78 is 18.6. The van der Waals surface area contributed by atoms with Crippen molar-refractivity contribution in [2.24, 2.45) is 0 Å². The Balaban J connectivity index is 1.92. The van der Waals surface area contributed by atoms with Gasteiger partial charge in [0, 0.05) is 12.0 Å². The molecule has 1 heterocycles. The van der Waals surface area contributed by atoms with Crippen molar-refractivity contribution in [2.75, 3.05) is 0 Å². The molecule has 0 spiro atoms. The van der Waals surface area contributed by atoms with E-state index in [2.05, 4.69) is 10.1 Å².